The van der Waals surface area contributed by atoms with Gasteiger partial charge < -0.3 is 4.90 Å². The van der Waals surface area contributed by atoms with Gasteiger partial charge in [0.15, 0.2) is 5.12 Å². The van der Waals surface area contributed by atoms with Gasteiger partial charge in [0, 0.05) is 43.5 Å². The maximum Gasteiger partial charge on any atom is 0.222 e. The highest BCUT2D eigenvalue weighted by molar-refractivity contribution is 8.13. The van der Waals surface area contributed by atoms with Crippen molar-refractivity contribution in [1.82, 2.24) is 9.88 Å². The number of aryl methyl sites for hydroxylation is 2. The van der Waals surface area contributed by atoms with Gasteiger partial charge in [-0.05, 0) is 25.2 Å². The molecule has 6 heteroatoms. The standard InChI is InChI=1S/C15H20N2O2S2/c1-10(18)20-9-11-7-15(19)17(8-11)6-5-14-16-12-3-2-4-13(12)21-14/h11H,2-9H2,1H3. The number of aromatic nitrogens is 1. The number of hydrogen-bond donors (Lipinski definition) is 0. The molecule has 2 heterocycles. The topological polar surface area (TPSA) is 50.3 Å². The zero-order valence-corrected chi connectivity index (χ0v) is 13.9. The van der Waals surface area contributed by atoms with Gasteiger partial charge in [-0.1, -0.05) is 11.8 Å². The molecule has 1 aliphatic carbocycles. The summed E-state index contributed by atoms with van der Waals surface area (Å²) in [6.45, 7) is 3.15. The Morgan fingerprint density at radius 3 is 3.10 bits per heavy atom. The minimum Gasteiger partial charge on any atom is -0.342 e. The fourth-order valence-electron chi connectivity index (χ4n) is 3.00. The zero-order valence-electron chi connectivity index (χ0n) is 12.3. The quantitative estimate of drug-likeness (QED) is 0.834. The summed E-state index contributed by atoms with van der Waals surface area (Å²) < 4.78 is 0. The largest absolute Gasteiger partial charge is 0.342 e. The molecule has 1 saturated heterocycles. The summed E-state index contributed by atoms with van der Waals surface area (Å²) in [4.78, 5) is 31.1. The van der Waals surface area contributed by atoms with Gasteiger partial charge >= 0.3 is 0 Å². The molecule has 1 amide bonds. The van der Waals surface area contributed by atoms with Crippen LogP contribution in [0.15, 0.2) is 0 Å². The summed E-state index contributed by atoms with van der Waals surface area (Å²) >= 11 is 3.16. The summed E-state index contributed by atoms with van der Waals surface area (Å²) in [6, 6.07) is 0. The summed E-state index contributed by atoms with van der Waals surface area (Å²) in [5.74, 6) is 1.32. The van der Waals surface area contributed by atoms with Gasteiger partial charge in [-0.2, -0.15) is 0 Å². The van der Waals surface area contributed by atoms with Crippen molar-refractivity contribution in [3.63, 3.8) is 0 Å². The van der Waals surface area contributed by atoms with E-state index < -0.39 is 0 Å². The lowest BCUT2D eigenvalue weighted by Crippen LogP contribution is -2.27. The molecule has 0 aromatic carbocycles. The summed E-state index contributed by atoms with van der Waals surface area (Å²) in [7, 11) is 0. The van der Waals surface area contributed by atoms with E-state index in [4.69, 9.17) is 0 Å². The van der Waals surface area contributed by atoms with E-state index in [9.17, 15) is 9.59 Å². The van der Waals surface area contributed by atoms with Crippen LogP contribution in [0.1, 0.15) is 35.3 Å². The molecule has 0 N–H and O–H groups in total. The number of thioether (sulfide) groups is 1. The fourth-order valence-corrected chi connectivity index (χ4v) is 4.84. The van der Waals surface area contributed by atoms with Gasteiger partial charge in [0.1, 0.15) is 0 Å². The molecule has 1 unspecified atom stereocenters. The van der Waals surface area contributed by atoms with Crippen LogP contribution in [0, 0.1) is 5.92 Å². The van der Waals surface area contributed by atoms with E-state index in [2.05, 4.69) is 4.98 Å². The number of fused-ring (bicyclic) bond motifs is 1. The molecule has 21 heavy (non-hydrogen) atoms. The van der Waals surface area contributed by atoms with E-state index in [1.807, 2.05) is 16.2 Å². The highest BCUT2D eigenvalue weighted by Crippen LogP contribution is 2.28. The molecule has 0 bridgehead atoms. The lowest BCUT2D eigenvalue weighted by atomic mass is 10.1. The van der Waals surface area contributed by atoms with Gasteiger partial charge in [0.2, 0.25) is 5.91 Å². The Morgan fingerprint density at radius 2 is 2.33 bits per heavy atom. The Bertz CT molecular complexity index is 534. The van der Waals surface area contributed by atoms with Crippen molar-refractivity contribution in [2.45, 2.75) is 39.0 Å². The normalized spacial score (nSPS) is 21.1. The van der Waals surface area contributed by atoms with Crippen LogP contribution in [-0.2, 0) is 28.9 Å². The molecular weight excluding hydrogens is 304 g/mol. The molecule has 1 atom stereocenters. The maximum absolute atomic E-state index is 12.0. The molecule has 114 valence electrons. The third-order valence-corrected chi connectivity index (χ3v) is 6.31. The molecule has 0 radical (unpaired) electrons. The number of amides is 1. The average Bonchev–Trinajstić information content (AvgIpc) is 3.08. The first-order valence-electron chi connectivity index (χ1n) is 7.50. The van der Waals surface area contributed by atoms with Crippen LogP contribution in [0.2, 0.25) is 0 Å². The van der Waals surface area contributed by atoms with Crippen LogP contribution >= 0.6 is 23.1 Å². The van der Waals surface area contributed by atoms with E-state index >= 15 is 0 Å². The fraction of sp³-hybridized carbons (Fsp3) is 0.667. The van der Waals surface area contributed by atoms with Gasteiger partial charge in [0.25, 0.3) is 0 Å². The Morgan fingerprint density at radius 1 is 1.48 bits per heavy atom. The van der Waals surface area contributed by atoms with Crippen molar-refractivity contribution in [2.75, 3.05) is 18.8 Å². The molecule has 3 rings (SSSR count). The first-order valence-corrected chi connectivity index (χ1v) is 9.30. The third-order valence-electron chi connectivity index (χ3n) is 4.05. The smallest absolute Gasteiger partial charge is 0.222 e. The minimum absolute atomic E-state index is 0.137. The van der Waals surface area contributed by atoms with Crippen molar-refractivity contribution in [1.29, 1.82) is 0 Å². The number of rotatable bonds is 5. The van der Waals surface area contributed by atoms with E-state index in [1.165, 1.54) is 40.2 Å². The molecule has 1 aromatic heterocycles. The summed E-state index contributed by atoms with van der Waals surface area (Å²) in [5, 5.41) is 1.31. The SMILES string of the molecule is CC(=O)SCC1CC(=O)N(CCc2nc3c(s2)CCC3)C1. The summed E-state index contributed by atoms with van der Waals surface area (Å²) in [5.41, 5.74) is 1.29. The predicted octanol–water partition coefficient (Wildman–Crippen LogP) is 2.30. The van der Waals surface area contributed by atoms with Gasteiger partial charge in [-0.25, -0.2) is 4.98 Å². The molecule has 1 aromatic rings. The number of carbonyl (C=O) groups excluding carboxylic acids is 2. The van der Waals surface area contributed by atoms with Crippen molar-refractivity contribution in [3.8, 4) is 0 Å². The van der Waals surface area contributed by atoms with Gasteiger partial charge in [0.05, 0.1) is 10.7 Å². The lowest BCUT2D eigenvalue weighted by molar-refractivity contribution is -0.127. The number of likely N-dealkylation sites (tertiary alicyclic amines) is 1. The first kappa shape index (κ1) is 15.0. The van der Waals surface area contributed by atoms with Crippen LogP contribution in [0.5, 0.6) is 0 Å². The van der Waals surface area contributed by atoms with Gasteiger partial charge in [-0.15, -0.1) is 11.3 Å². The number of nitrogens with zero attached hydrogens (tertiary/aromatic N) is 2. The molecule has 1 fully saturated rings. The van der Waals surface area contributed by atoms with Crippen LogP contribution in [0.25, 0.3) is 0 Å². The Labute approximate surface area is 133 Å². The number of hydrogen-bond acceptors (Lipinski definition) is 5. The minimum atomic E-state index is 0.137. The predicted molar refractivity (Wildman–Crippen MR) is 85.7 cm³/mol. The average molecular weight is 324 g/mol. The first-order chi connectivity index (χ1) is 10.1. The van der Waals surface area contributed by atoms with Crippen LogP contribution in [-0.4, -0.2) is 39.7 Å². The van der Waals surface area contributed by atoms with Crippen LogP contribution < -0.4 is 0 Å². The van der Waals surface area contributed by atoms with Crippen molar-refractivity contribution in [2.24, 2.45) is 5.92 Å². The lowest BCUT2D eigenvalue weighted by Gasteiger charge is -2.15. The highest BCUT2D eigenvalue weighted by atomic mass is 32.2. The molecule has 0 saturated carbocycles. The molecule has 2 aliphatic rings. The maximum atomic E-state index is 12.0. The van der Waals surface area contributed by atoms with Gasteiger partial charge in [-0.3, -0.25) is 9.59 Å². The molecule has 1 aliphatic heterocycles. The van der Waals surface area contributed by atoms with Crippen molar-refractivity contribution >= 4 is 34.1 Å². The van der Waals surface area contributed by atoms with E-state index in [-0.39, 0.29) is 11.0 Å². The van der Waals surface area contributed by atoms with E-state index in [1.54, 1.807) is 6.92 Å². The second kappa shape index (κ2) is 6.48. The Balaban J connectivity index is 1.48. The molecule has 4 nitrogen and oxygen atoms in total. The second-order valence-corrected chi connectivity index (χ2v) is 8.16. The zero-order chi connectivity index (χ0) is 14.8. The monoisotopic (exact) mass is 324 g/mol. The summed E-state index contributed by atoms with van der Waals surface area (Å²) in [6.07, 6.45) is 5.01. The second-order valence-electron chi connectivity index (χ2n) is 5.79. The van der Waals surface area contributed by atoms with Crippen LogP contribution in [0.3, 0.4) is 0 Å². The number of thiazole rings is 1. The van der Waals surface area contributed by atoms with Crippen molar-refractivity contribution < 1.29 is 9.59 Å². The highest BCUT2D eigenvalue weighted by Gasteiger charge is 2.29. The Hall–Kier alpha value is -0.880. The molecule has 0 spiro atoms. The molecular formula is C15H20N2O2S2. The van der Waals surface area contributed by atoms with E-state index in [0.717, 1.165) is 31.7 Å². The van der Waals surface area contributed by atoms with Crippen LogP contribution in [0.4, 0.5) is 0 Å². The van der Waals surface area contributed by atoms with E-state index in [0.29, 0.717) is 12.3 Å². The number of carbonyl (C=O) groups is 2. The Kier molecular flexibility index (Phi) is 4.64. The third kappa shape index (κ3) is 3.66. The van der Waals surface area contributed by atoms with Crippen molar-refractivity contribution in [3.05, 3.63) is 15.6 Å².